The van der Waals surface area contributed by atoms with E-state index in [0.717, 1.165) is 17.0 Å². The van der Waals surface area contributed by atoms with E-state index < -0.39 is 20.7 Å². The molecule has 0 atom stereocenters. The SMILES string of the molecule is O=S(=O)(NO)c1ccc(Cl)c(F)c1. The summed E-state index contributed by atoms with van der Waals surface area (Å²) >= 11 is 5.32. The van der Waals surface area contributed by atoms with E-state index in [-0.39, 0.29) is 5.02 Å². The maximum Gasteiger partial charge on any atom is 0.262 e. The van der Waals surface area contributed by atoms with Crippen LogP contribution in [0.4, 0.5) is 4.39 Å². The van der Waals surface area contributed by atoms with Crippen LogP contribution in [0.2, 0.25) is 5.02 Å². The summed E-state index contributed by atoms with van der Waals surface area (Å²) in [5.41, 5.74) is 0. The van der Waals surface area contributed by atoms with Crippen molar-refractivity contribution >= 4 is 21.6 Å². The average Bonchev–Trinajstić information content (AvgIpc) is 2.09. The van der Waals surface area contributed by atoms with Gasteiger partial charge in [0.15, 0.2) is 0 Å². The fourth-order valence-electron chi connectivity index (χ4n) is 0.697. The molecule has 0 aliphatic heterocycles. The van der Waals surface area contributed by atoms with Crippen molar-refractivity contribution < 1.29 is 18.0 Å². The summed E-state index contributed by atoms with van der Waals surface area (Å²) in [6, 6.07) is 2.87. The lowest BCUT2D eigenvalue weighted by Gasteiger charge is -2.01. The third-order valence-electron chi connectivity index (χ3n) is 1.32. The maximum atomic E-state index is 12.7. The number of hydrogen-bond donors (Lipinski definition) is 2. The second kappa shape index (κ2) is 3.59. The highest BCUT2D eigenvalue weighted by Crippen LogP contribution is 2.18. The molecule has 4 nitrogen and oxygen atoms in total. The second-order valence-corrected chi connectivity index (χ2v) is 4.24. The van der Waals surface area contributed by atoms with E-state index in [1.165, 1.54) is 0 Å². The van der Waals surface area contributed by atoms with Crippen LogP contribution in [0.1, 0.15) is 0 Å². The predicted molar refractivity (Wildman–Crippen MR) is 43.5 cm³/mol. The molecule has 1 rings (SSSR count). The fourth-order valence-corrected chi connectivity index (χ4v) is 1.43. The Bertz CT molecular complexity index is 420. The summed E-state index contributed by atoms with van der Waals surface area (Å²) in [7, 11) is -4.03. The van der Waals surface area contributed by atoms with Crippen molar-refractivity contribution in [3.05, 3.63) is 29.0 Å². The van der Waals surface area contributed by atoms with E-state index in [1.54, 1.807) is 0 Å². The molecule has 0 bridgehead atoms. The molecule has 2 N–H and O–H groups in total. The highest BCUT2D eigenvalue weighted by atomic mass is 35.5. The van der Waals surface area contributed by atoms with Crippen molar-refractivity contribution in [3.8, 4) is 0 Å². The lowest BCUT2D eigenvalue weighted by atomic mass is 10.3. The molecule has 0 spiro atoms. The van der Waals surface area contributed by atoms with Gasteiger partial charge in [0, 0.05) is 0 Å². The minimum Gasteiger partial charge on any atom is -0.302 e. The molecule has 0 fully saturated rings. The monoisotopic (exact) mass is 225 g/mol. The van der Waals surface area contributed by atoms with Gasteiger partial charge in [0.05, 0.1) is 9.92 Å². The van der Waals surface area contributed by atoms with Crippen LogP contribution in [0.5, 0.6) is 0 Å². The molecule has 0 unspecified atom stereocenters. The Kier molecular flexibility index (Phi) is 2.87. The highest BCUT2D eigenvalue weighted by molar-refractivity contribution is 7.89. The van der Waals surface area contributed by atoms with E-state index >= 15 is 0 Å². The van der Waals surface area contributed by atoms with Crippen LogP contribution in [0.15, 0.2) is 23.1 Å². The summed E-state index contributed by atoms with van der Waals surface area (Å²) < 4.78 is 34.5. The van der Waals surface area contributed by atoms with Crippen LogP contribution in [0.3, 0.4) is 0 Å². The molecule has 0 saturated heterocycles. The van der Waals surface area contributed by atoms with Gasteiger partial charge in [-0.05, 0) is 18.2 Å². The number of sulfonamides is 1. The lowest BCUT2D eigenvalue weighted by Crippen LogP contribution is -2.19. The molecule has 0 heterocycles. The molecule has 0 saturated carbocycles. The van der Waals surface area contributed by atoms with Gasteiger partial charge >= 0.3 is 0 Å². The predicted octanol–water partition coefficient (Wildman–Crippen LogP) is 1.15. The zero-order chi connectivity index (χ0) is 10.1. The zero-order valence-electron chi connectivity index (χ0n) is 6.16. The molecule has 1 aromatic carbocycles. The smallest absolute Gasteiger partial charge is 0.262 e. The Morgan fingerprint density at radius 2 is 2.08 bits per heavy atom. The van der Waals surface area contributed by atoms with Gasteiger partial charge in [-0.1, -0.05) is 16.5 Å². The molecule has 13 heavy (non-hydrogen) atoms. The second-order valence-electron chi connectivity index (χ2n) is 2.17. The Labute approximate surface area is 79.0 Å². The molecule has 72 valence electrons. The molecule has 1 aromatic rings. The fraction of sp³-hybridized carbons (Fsp3) is 0. The summed E-state index contributed by atoms with van der Waals surface area (Å²) in [4.78, 5) is 0.675. The molecule has 0 amide bonds. The number of nitrogens with one attached hydrogen (secondary N) is 1. The molecular weight excluding hydrogens is 221 g/mol. The van der Waals surface area contributed by atoms with Crippen molar-refractivity contribution in [3.63, 3.8) is 0 Å². The van der Waals surface area contributed by atoms with Crippen LogP contribution < -0.4 is 4.89 Å². The van der Waals surface area contributed by atoms with E-state index in [1.807, 2.05) is 0 Å². The summed E-state index contributed by atoms with van der Waals surface area (Å²) in [6.07, 6.45) is 0. The van der Waals surface area contributed by atoms with Crippen LogP contribution in [-0.4, -0.2) is 13.6 Å². The topological polar surface area (TPSA) is 66.4 Å². The first-order valence-electron chi connectivity index (χ1n) is 3.08. The largest absolute Gasteiger partial charge is 0.302 e. The first-order valence-corrected chi connectivity index (χ1v) is 4.94. The van der Waals surface area contributed by atoms with Gasteiger partial charge in [0.25, 0.3) is 10.0 Å². The third kappa shape index (κ3) is 2.16. The van der Waals surface area contributed by atoms with Gasteiger partial charge < -0.3 is 5.21 Å². The maximum absolute atomic E-state index is 12.7. The van der Waals surface area contributed by atoms with Gasteiger partial charge in [-0.2, -0.15) is 0 Å². The van der Waals surface area contributed by atoms with Crippen molar-refractivity contribution in [2.45, 2.75) is 4.90 Å². The number of rotatable bonds is 2. The Balaban J connectivity index is 3.27. The van der Waals surface area contributed by atoms with E-state index in [0.29, 0.717) is 6.07 Å². The van der Waals surface area contributed by atoms with E-state index in [9.17, 15) is 12.8 Å². The number of benzene rings is 1. The molecule has 0 aliphatic rings. The minimum atomic E-state index is -4.03. The highest BCUT2D eigenvalue weighted by Gasteiger charge is 2.14. The lowest BCUT2D eigenvalue weighted by molar-refractivity contribution is 0.242. The average molecular weight is 226 g/mol. The first-order chi connectivity index (χ1) is 5.97. The summed E-state index contributed by atoms with van der Waals surface area (Å²) in [5.74, 6) is -0.863. The van der Waals surface area contributed by atoms with Crippen molar-refractivity contribution in [2.75, 3.05) is 0 Å². The first kappa shape index (κ1) is 10.4. The zero-order valence-corrected chi connectivity index (χ0v) is 7.73. The van der Waals surface area contributed by atoms with Gasteiger partial charge in [-0.15, -0.1) is 0 Å². The van der Waals surface area contributed by atoms with Crippen LogP contribution in [-0.2, 0) is 10.0 Å². The molecular formula is C6H5ClFNO3S. The Morgan fingerprint density at radius 1 is 1.46 bits per heavy atom. The molecule has 0 radical (unpaired) electrons. The third-order valence-corrected chi connectivity index (χ3v) is 2.74. The number of hydrogen-bond acceptors (Lipinski definition) is 3. The summed E-state index contributed by atoms with van der Waals surface area (Å²) in [6.45, 7) is 0. The van der Waals surface area contributed by atoms with Crippen molar-refractivity contribution in [1.82, 2.24) is 4.89 Å². The van der Waals surface area contributed by atoms with Crippen molar-refractivity contribution in [2.24, 2.45) is 0 Å². The number of halogens is 2. The van der Waals surface area contributed by atoms with E-state index in [2.05, 4.69) is 0 Å². The molecule has 0 aliphatic carbocycles. The Hall–Kier alpha value is -0.690. The van der Waals surface area contributed by atoms with Gasteiger partial charge in [-0.3, -0.25) is 0 Å². The Morgan fingerprint density at radius 3 is 2.54 bits per heavy atom. The van der Waals surface area contributed by atoms with Gasteiger partial charge in [-0.25, -0.2) is 12.8 Å². The van der Waals surface area contributed by atoms with E-state index in [4.69, 9.17) is 16.8 Å². The molecule has 7 heteroatoms. The summed E-state index contributed by atoms with van der Waals surface area (Å²) in [5, 5.41) is 8.03. The quantitative estimate of drug-likeness (QED) is 0.742. The standard InChI is InChI=1S/C6H5ClFNO3S/c7-5-2-1-4(3-6(5)8)13(11,12)9-10/h1-3,9-10H. The van der Waals surface area contributed by atoms with Gasteiger partial charge in [0.2, 0.25) is 0 Å². The molecule has 0 aromatic heterocycles. The normalized spacial score (nSPS) is 11.6. The van der Waals surface area contributed by atoms with Gasteiger partial charge in [0.1, 0.15) is 5.82 Å². The van der Waals surface area contributed by atoms with Crippen LogP contribution in [0, 0.1) is 5.82 Å². The van der Waals surface area contributed by atoms with Crippen molar-refractivity contribution in [1.29, 1.82) is 0 Å². The van der Waals surface area contributed by atoms with Crippen LogP contribution in [0.25, 0.3) is 0 Å². The van der Waals surface area contributed by atoms with Crippen LogP contribution >= 0.6 is 11.6 Å². The minimum absolute atomic E-state index is 0.183.